The van der Waals surface area contributed by atoms with Crippen LogP contribution in [0, 0.1) is 0 Å². The lowest BCUT2D eigenvalue weighted by Crippen LogP contribution is -2.27. The number of aromatic nitrogens is 3. The zero-order valence-electron chi connectivity index (χ0n) is 17.0. The van der Waals surface area contributed by atoms with Crippen molar-refractivity contribution < 1.29 is 17.9 Å². The average molecular weight is 423 g/mol. The molecule has 158 valence electrons. The minimum absolute atomic E-state index is 0.0547. The fourth-order valence-electron chi connectivity index (χ4n) is 2.96. The van der Waals surface area contributed by atoms with Crippen LogP contribution in [0.4, 0.5) is 11.9 Å². The maximum atomic E-state index is 12.7. The van der Waals surface area contributed by atoms with Gasteiger partial charge < -0.3 is 19.3 Å². The van der Waals surface area contributed by atoms with Crippen LogP contribution in [-0.2, 0) is 16.6 Å². The fourth-order valence-corrected chi connectivity index (χ4v) is 3.95. The summed E-state index contributed by atoms with van der Waals surface area (Å²) in [5.41, 5.74) is 0. The van der Waals surface area contributed by atoms with Gasteiger partial charge in [0.1, 0.15) is 0 Å². The van der Waals surface area contributed by atoms with Crippen molar-refractivity contribution in [3.63, 3.8) is 0 Å². The Morgan fingerprint density at radius 2 is 1.76 bits per heavy atom. The van der Waals surface area contributed by atoms with Gasteiger partial charge in [0.25, 0.3) is 0 Å². The zero-order chi connectivity index (χ0) is 21.0. The number of sulfonamides is 1. The maximum absolute atomic E-state index is 12.7. The summed E-state index contributed by atoms with van der Waals surface area (Å²) in [6.07, 6.45) is 2.18. The number of ether oxygens (including phenoxy) is 2. The van der Waals surface area contributed by atoms with E-state index in [0.29, 0.717) is 29.2 Å². The lowest BCUT2D eigenvalue weighted by Gasteiger charge is -2.19. The van der Waals surface area contributed by atoms with E-state index in [-0.39, 0.29) is 11.4 Å². The molecule has 3 rings (SSSR count). The Morgan fingerprint density at radius 1 is 1.07 bits per heavy atom. The molecule has 0 amide bonds. The van der Waals surface area contributed by atoms with Gasteiger partial charge in [-0.05, 0) is 25.0 Å². The summed E-state index contributed by atoms with van der Waals surface area (Å²) >= 11 is 0. The minimum atomic E-state index is -3.79. The van der Waals surface area contributed by atoms with Crippen LogP contribution in [0.5, 0.6) is 11.5 Å². The lowest BCUT2D eigenvalue weighted by atomic mass is 10.3. The van der Waals surface area contributed by atoms with Gasteiger partial charge in [-0.2, -0.15) is 15.0 Å². The monoisotopic (exact) mass is 422 g/mol. The summed E-state index contributed by atoms with van der Waals surface area (Å²) in [4.78, 5) is 17.2. The first-order chi connectivity index (χ1) is 13.8. The van der Waals surface area contributed by atoms with Crippen LogP contribution in [0.1, 0.15) is 18.7 Å². The quantitative estimate of drug-likeness (QED) is 0.667. The Labute approximate surface area is 170 Å². The second kappa shape index (κ2) is 8.78. The SMILES string of the molecule is COc1ccc(S(=O)(=O)NCc2nc(N(C)C)nc(N3CCCC3)n2)cc1OC. The molecule has 1 aromatic heterocycles. The second-order valence-corrected chi connectivity index (χ2v) is 8.55. The van der Waals surface area contributed by atoms with Crippen molar-refractivity contribution >= 4 is 21.9 Å². The first-order valence-electron chi connectivity index (χ1n) is 9.23. The third kappa shape index (κ3) is 4.85. The van der Waals surface area contributed by atoms with Crippen molar-refractivity contribution in [2.75, 3.05) is 51.2 Å². The number of anilines is 2. The molecule has 0 atom stereocenters. The van der Waals surface area contributed by atoms with Crippen LogP contribution in [-0.4, -0.2) is 64.8 Å². The Kier molecular flexibility index (Phi) is 6.38. The van der Waals surface area contributed by atoms with E-state index in [2.05, 4.69) is 24.6 Å². The van der Waals surface area contributed by atoms with Crippen LogP contribution in [0.2, 0.25) is 0 Å². The van der Waals surface area contributed by atoms with Gasteiger partial charge in [-0.25, -0.2) is 13.1 Å². The van der Waals surface area contributed by atoms with E-state index in [1.54, 1.807) is 11.0 Å². The second-order valence-electron chi connectivity index (χ2n) is 6.78. The molecule has 1 fully saturated rings. The normalized spacial score (nSPS) is 14.1. The van der Waals surface area contributed by atoms with Gasteiger partial charge in [0.05, 0.1) is 25.7 Å². The van der Waals surface area contributed by atoms with Crippen molar-refractivity contribution in [1.29, 1.82) is 0 Å². The minimum Gasteiger partial charge on any atom is -0.493 e. The molecule has 0 bridgehead atoms. The summed E-state index contributed by atoms with van der Waals surface area (Å²) in [6.45, 7) is 1.71. The van der Waals surface area contributed by atoms with Gasteiger partial charge in [-0.3, -0.25) is 0 Å². The highest BCUT2D eigenvalue weighted by atomic mass is 32.2. The Hall–Kier alpha value is -2.66. The van der Waals surface area contributed by atoms with Gasteiger partial charge in [-0.1, -0.05) is 0 Å². The van der Waals surface area contributed by atoms with Crippen molar-refractivity contribution in [1.82, 2.24) is 19.7 Å². The van der Waals surface area contributed by atoms with Crippen LogP contribution in [0.3, 0.4) is 0 Å². The summed E-state index contributed by atoms with van der Waals surface area (Å²) in [5, 5.41) is 0. The van der Waals surface area contributed by atoms with Gasteiger partial charge in [0, 0.05) is 33.3 Å². The van der Waals surface area contributed by atoms with E-state index >= 15 is 0 Å². The lowest BCUT2D eigenvalue weighted by molar-refractivity contribution is 0.354. The molecule has 0 aliphatic carbocycles. The highest BCUT2D eigenvalue weighted by molar-refractivity contribution is 7.89. The molecule has 0 radical (unpaired) electrons. The molecule has 29 heavy (non-hydrogen) atoms. The molecule has 0 saturated carbocycles. The third-order valence-electron chi connectivity index (χ3n) is 4.53. The Bertz CT molecular complexity index is 961. The number of nitrogens with one attached hydrogen (secondary N) is 1. The molecule has 10 nitrogen and oxygen atoms in total. The molecule has 1 saturated heterocycles. The zero-order valence-corrected chi connectivity index (χ0v) is 17.9. The number of benzene rings is 1. The molecule has 1 aromatic carbocycles. The molecular weight excluding hydrogens is 396 g/mol. The van der Waals surface area contributed by atoms with Crippen molar-refractivity contribution in [3.8, 4) is 11.5 Å². The molecule has 1 aliphatic heterocycles. The largest absolute Gasteiger partial charge is 0.493 e. The van der Waals surface area contributed by atoms with Crippen LogP contribution in [0.25, 0.3) is 0 Å². The van der Waals surface area contributed by atoms with Gasteiger partial charge in [0.2, 0.25) is 21.9 Å². The standard InChI is InChI=1S/C18H26N6O4S/c1-23(2)17-20-16(21-18(22-17)24-9-5-6-10-24)12-19-29(25,26)13-7-8-14(27-3)15(11-13)28-4/h7-8,11,19H,5-6,9-10,12H2,1-4H3. The molecule has 0 unspecified atom stereocenters. The van der Waals surface area contributed by atoms with Crippen molar-refractivity contribution in [2.24, 2.45) is 0 Å². The van der Waals surface area contributed by atoms with E-state index < -0.39 is 10.0 Å². The maximum Gasteiger partial charge on any atom is 0.241 e. The van der Waals surface area contributed by atoms with Gasteiger partial charge in [-0.15, -0.1) is 0 Å². The van der Waals surface area contributed by atoms with Crippen LogP contribution >= 0.6 is 0 Å². The number of nitrogens with zero attached hydrogens (tertiary/aromatic N) is 5. The topological polar surface area (TPSA) is 110 Å². The Morgan fingerprint density at radius 3 is 2.38 bits per heavy atom. The van der Waals surface area contributed by atoms with E-state index in [0.717, 1.165) is 25.9 Å². The van der Waals surface area contributed by atoms with Gasteiger partial charge >= 0.3 is 0 Å². The molecule has 2 heterocycles. The Balaban J connectivity index is 1.82. The summed E-state index contributed by atoms with van der Waals surface area (Å²) in [5.74, 6) is 2.20. The molecule has 11 heteroatoms. The first-order valence-corrected chi connectivity index (χ1v) is 10.7. The molecule has 1 aliphatic rings. The van der Waals surface area contributed by atoms with Crippen LogP contribution in [0.15, 0.2) is 23.1 Å². The fraction of sp³-hybridized carbons (Fsp3) is 0.500. The third-order valence-corrected chi connectivity index (χ3v) is 5.93. The summed E-state index contributed by atoms with van der Waals surface area (Å²) in [7, 11) is 2.82. The molecule has 2 aromatic rings. The average Bonchev–Trinajstić information content (AvgIpc) is 3.26. The molecular formula is C18H26N6O4S. The molecule has 1 N–H and O–H groups in total. The van der Waals surface area contributed by atoms with E-state index in [1.165, 1.54) is 26.4 Å². The highest BCUT2D eigenvalue weighted by Crippen LogP contribution is 2.29. The van der Waals surface area contributed by atoms with E-state index in [9.17, 15) is 8.42 Å². The first kappa shape index (κ1) is 21.1. The van der Waals surface area contributed by atoms with Crippen LogP contribution < -0.4 is 24.0 Å². The highest BCUT2D eigenvalue weighted by Gasteiger charge is 2.20. The van der Waals surface area contributed by atoms with Crippen molar-refractivity contribution in [2.45, 2.75) is 24.3 Å². The predicted octanol–water partition coefficient (Wildman–Crippen LogP) is 1.03. The predicted molar refractivity (Wildman–Crippen MR) is 109 cm³/mol. The smallest absolute Gasteiger partial charge is 0.241 e. The summed E-state index contributed by atoms with van der Waals surface area (Å²) in [6, 6.07) is 4.42. The summed E-state index contributed by atoms with van der Waals surface area (Å²) < 4.78 is 38.4. The van der Waals surface area contributed by atoms with Crippen molar-refractivity contribution in [3.05, 3.63) is 24.0 Å². The van der Waals surface area contributed by atoms with Gasteiger partial charge in [0.15, 0.2) is 17.3 Å². The number of hydrogen-bond acceptors (Lipinski definition) is 9. The number of hydrogen-bond donors (Lipinski definition) is 1. The number of rotatable bonds is 8. The van der Waals surface area contributed by atoms with E-state index in [1.807, 2.05) is 14.1 Å². The molecule has 0 spiro atoms. The number of methoxy groups -OCH3 is 2. The van der Waals surface area contributed by atoms with E-state index in [4.69, 9.17) is 9.47 Å².